The lowest BCUT2D eigenvalue weighted by Crippen LogP contribution is -2.30. The zero-order valence-corrected chi connectivity index (χ0v) is 16.8. The first-order valence-corrected chi connectivity index (χ1v) is 10.2. The maximum absolute atomic E-state index is 12.1. The van der Waals surface area contributed by atoms with Crippen LogP contribution in [0.4, 0.5) is 26.3 Å². The lowest BCUT2D eigenvalue weighted by atomic mass is 10.2. The number of hydrogen-bond acceptors (Lipinski definition) is 5. The van der Waals surface area contributed by atoms with Gasteiger partial charge in [0.1, 0.15) is 11.5 Å². The molecule has 2 aromatic rings. The summed E-state index contributed by atoms with van der Waals surface area (Å²) in [5.41, 5.74) is 0.481. The molecule has 0 heterocycles. The molecule has 1 amide bonds. The first kappa shape index (κ1) is 25.3. The number of sulfonamides is 1. The van der Waals surface area contributed by atoms with Gasteiger partial charge in [-0.2, -0.15) is 0 Å². The van der Waals surface area contributed by atoms with Crippen LogP contribution in [0.15, 0.2) is 53.4 Å². The predicted molar refractivity (Wildman–Crippen MR) is 97.9 cm³/mol. The minimum absolute atomic E-state index is 0.0153. The van der Waals surface area contributed by atoms with E-state index in [2.05, 4.69) is 19.5 Å². The highest BCUT2D eigenvalue weighted by Crippen LogP contribution is 2.24. The van der Waals surface area contributed by atoms with Crippen LogP contribution in [0.2, 0.25) is 0 Å². The molecule has 14 heteroatoms. The Labute approximate surface area is 178 Å². The number of alkyl halides is 6. The van der Waals surface area contributed by atoms with Crippen LogP contribution in [-0.2, 0) is 21.4 Å². The highest BCUT2D eigenvalue weighted by molar-refractivity contribution is 7.89. The Kier molecular flexibility index (Phi) is 7.96. The summed E-state index contributed by atoms with van der Waals surface area (Å²) in [6.07, 6.45) is -9.99. The van der Waals surface area contributed by atoms with Gasteiger partial charge in [0.25, 0.3) is 0 Å². The van der Waals surface area contributed by atoms with Gasteiger partial charge in [-0.25, -0.2) is 13.1 Å². The average Bonchev–Trinajstić information content (AvgIpc) is 2.65. The van der Waals surface area contributed by atoms with E-state index in [1.54, 1.807) is 0 Å². The maximum Gasteiger partial charge on any atom is 0.573 e. The molecule has 0 unspecified atom stereocenters. The second-order valence-electron chi connectivity index (χ2n) is 6.14. The Morgan fingerprint density at radius 3 is 1.75 bits per heavy atom. The van der Waals surface area contributed by atoms with E-state index in [0.717, 1.165) is 36.4 Å². The van der Waals surface area contributed by atoms with Crippen LogP contribution in [-0.4, -0.2) is 33.6 Å². The Morgan fingerprint density at radius 2 is 1.28 bits per heavy atom. The third-order valence-corrected chi connectivity index (χ3v) is 5.14. The van der Waals surface area contributed by atoms with Crippen LogP contribution in [0, 0.1) is 0 Å². The standard InChI is InChI=1S/C18H16F6N2O5S/c19-17(20,21)30-13-3-1-12(2-4-13)11-25-16(27)9-10-26-32(28,29)15-7-5-14(6-8-15)31-18(22,23)24/h1-8,26H,9-11H2,(H,25,27). The van der Waals surface area contributed by atoms with Crippen molar-refractivity contribution >= 4 is 15.9 Å². The zero-order valence-electron chi connectivity index (χ0n) is 16.0. The fourth-order valence-corrected chi connectivity index (χ4v) is 3.33. The molecule has 0 fully saturated rings. The van der Waals surface area contributed by atoms with Crippen LogP contribution in [0.5, 0.6) is 11.5 Å². The molecule has 2 rings (SSSR count). The van der Waals surface area contributed by atoms with Gasteiger partial charge in [0.05, 0.1) is 4.90 Å². The molecule has 0 radical (unpaired) electrons. The summed E-state index contributed by atoms with van der Waals surface area (Å²) >= 11 is 0. The highest BCUT2D eigenvalue weighted by atomic mass is 32.2. The second-order valence-corrected chi connectivity index (χ2v) is 7.90. The average molecular weight is 486 g/mol. The molecule has 0 aliphatic heterocycles. The summed E-state index contributed by atoms with van der Waals surface area (Å²) in [5, 5.41) is 2.46. The van der Waals surface area contributed by atoms with Crippen molar-refractivity contribution in [2.45, 2.75) is 30.6 Å². The Hall–Kier alpha value is -3.00. The third kappa shape index (κ3) is 9.01. The minimum Gasteiger partial charge on any atom is -0.406 e. The van der Waals surface area contributed by atoms with Gasteiger partial charge in [0.15, 0.2) is 0 Å². The van der Waals surface area contributed by atoms with Gasteiger partial charge in [0.2, 0.25) is 15.9 Å². The van der Waals surface area contributed by atoms with Crippen molar-refractivity contribution in [3.05, 3.63) is 54.1 Å². The van der Waals surface area contributed by atoms with E-state index < -0.39 is 40.2 Å². The van der Waals surface area contributed by atoms with Gasteiger partial charge >= 0.3 is 12.7 Å². The minimum atomic E-state index is -4.91. The van der Waals surface area contributed by atoms with Crippen molar-refractivity contribution in [2.75, 3.05) is 6.54 Å². The quantitative estimate of drug-likeness (QED) is 0.530. The summed E-state index contributed by atoms with van der Waals surface area (Å²) in [6, 6.07) is 8.28. The molecule has 0 atom stereocenters. The highest BCUT2D eigenvalue weighted by Gasteiger charge is 2.31. The molecule has 7 nitrogen and oxygen atoms in total. The number of ether oxygens (including phenoxy) is 2. The summed E-state index contributed by atoms with van der Waals surface area (Å²) < 4.78 is 106. The van der Waals surface area contributed by atoms with E-state index in [-0.39, 0.29) is 24.4 Å². The number of nitrogens with one attached hydrogen (secondary N) is 2. The number of carbonyl (C=O) groups is 1. The van der Waals surface area contributed by atoms with Crippen molar-refractivity contribution < 1.29 is 49.0 Å². The Bertz CT molecular complexity index is 1010. The van der Waals surface area contributed by atoms with Crippen molar-refractivity contribution in [1.29, 1.82) is 0 Å². The summed E-state index contributed by atoms with van der Waals surface area (Å²) in [7, 11) is -4.08. The van der Waals surface area contributed by atoms with Gasteiger partial charge in [-0.1, -0.05) is 12.1 Å². The van der Waals surface area contributed by atoms with Crippen LogP contribution in [0.25, 0.3) is 0 Å². The maximum atomic E-state index is 12.1. The first-order chi connectivity index (χ1) is 14.7. The largest absolute Gasteiger partial charge is 0.573 e. The molecule has 176 valence electrons. The summed E-state index contributed by atoms with van der Waals surface area (Å²) in [6.45, 7) is -0.314. The topological polar surface area (TPSA) is 93.7 Å². The number of benzene rings is 2. The van der Waals surface area contributed by atoms with Crippen LogP contribution in [0.1, 0.15) is 12.0 Å². The normalized spacial score (nSPS) is 12.3. The van der Waals surface area contributed by atoms with Crippen LogP contribution in [0.3, 0.4) is 0 Å². The van der Waals surface area contributed by atoms with Crippen LogP contribution < -0.4 is 19.5 Å². The molecule has 0 bridgehead atoms. The molecular weight excluding hydrogens is 470 g/mol. The molecule has 0 spiro atoms. The number of hydrogen-bond donors (Lipinski definition) is 2. The molecule has 0 aliphatic carbocycles. The molecule has 2 aromatic carbocycles. The summed E-state index contributed by atoms with van der Waals surface area (Å²) in [4.78, 5) is 11.5. The smallest absolute Gasteiger partial charge is 0.406 e. The van der Waals surface area contributed by atoms with Crippen LogP contribution >= 0.6 is 0 Å². The second kappa shape index (κ2) is 10.1. The van der Waals surface area contributed by atoms with Gasteiger partial charge in [-0.15, -0.1) is 26.3 Å². The van der Waals surface area contributed by atoms with E-state index in [9.17, 15) is 39.6 Å². The molecular formula is C18H16F6N2O5S. The third-order valence-electron chi connectivity index (χ3n) is 3.66. The van der Waals surface area contributed by atoms with Crippen molar-refractivity contribution in [2.24, 2.45) is 0 Å². The number of amides is 1. The van der Waals surface area contributed by atoms with Gasteiger partial charge in [0, 0.05) is 19.5 Å². The fourth-order valence-electron chi connectivity index (χ4n) is 2.30. The molecule has 2 N–H and O–H groups in total. The van der Waals surface area contributed by atoms with E-state index >= 15 is 0 Å². The summed E-state index contributed by atoms with van der Waals surface area (Å²) in [5.74, 6) is -1.55. The van der Waals surface area contributed by atoms with Crippen molar-refractivity contribution in [3.63, 3.8) is 0 Å². The molecule has 0 aromatic heterocycles. The fraction of sp³-hybridized carbons (Fsp3) is 0.278. The van der Waals surface area contributed by atoms with E-state index in [1.165, 1.54) is 12.1 Å². The molecule has 0 aliphatic rings. The number of rotatable bonds is 9. The van der Waals surface area contributed by atoms with Crippen molar-refractivity contribution in [3.8, 4) is 11.5 Å². The zero-order chi connectivity index (χ0) is 24.0. The molecule has 32 heavy (non-hydrogen) atoms. The van der Waals surface area contributed by atoms with Gasteiger partial charge in [-0.3, -0.25) is 4.79 Å². The van der Waals surface area contributed by atoms with Gasteiger partial charge < -0.3 is 14.8 Å². The number of halogens is 6. The SMILES string of the molecule is O=C(CCNS(=O)(=O)c1ccc(OC(F)(F)F)cc1)NCc1ccc(OC(F)(F)F)cc1. The van der Waals surface area contributed by atoms with Crippen molar-refractivity contribution in [1.82, 2.24) is 10.0 Å². The first-order valence-electron chi connectivity index (χ1n) is 8.70. The predicted octanol–water partition coefficient (Wildman–Crippen LogP) is 3.47. The van der Waals surface area contributed by atoms with Gasteiger partial charge in [-0.05, 0) is 42.0 Å². The lowest BCUT2D eigenvalue weighted by Gasteiger charge is -2.11. The Morgan fingerprint density at radius 1 is 0.812 bits per heavy atom. The molecule has 0 saturated carbocycles. The van der Waals surface area contributed by atoms with E-state index in [1.807, 2.05) is 0 Å². The number of carbonyl (C=O) groups excluding carboxylic acids is 1. The Balaban J connectivity index is 1.78. The monoisotopic (exact) mass is 486 g/mol. The lowest BCUT2D eigenvalue weighted by molar-refractivity contribution is -0.275. The van der Waals surface area contributed by atoms with E-state index in [4.69, 9.17) is 0 Å². The van der Waals surface area contributed by atoms with E-state index in [0.29, 0.717) is 5.56 Å². The molecule has 0 saturated heterocycles.